The Bertz CT molecular complexity index is 814. The average Bonchev–Trinajstić information content (AvgIpc) is 2.59. The predicted octanol–water partition coefficient (Wildman–Crippen LogP) is 3.53. The van der Waals surface area contributed by atoms with Crippen molar-refractivity contribution in [2.45, 2.75) is 26.1 Å². The molecule has 26 heavy (non-hydrogen) atoms. The fourth-order valence-corrected chi connectivity index (χ4v) is 2.57. The fourth-order valence-electron chi connectivity index (χ4n) is 2.57. The van der Waals surface area contributed by atoms with Crippen molar-refractivity contribution >= 4 is 18.0 Å². The first-order chi connectivity index (χ1) is 12.4. The van der Waals surface area contributed by atoms with Crippen LogP contribution in [0.3, 0.4) is 0 Å². The van der Waals surface area contributed by atoms with E-state index >= 15 is 0 Å². The van der Waals surface area contributed by atoms with E-state index < -0.39 is 17.7 Å². The van der Waals surface area contributed by atoms with Gasteiger partial charge in [0.05, 0.1) is 6.61 Å². The summed E-state index contributed by atoms with van der Waals surface area (Å²) in [6.07, 6.45) is 2.24. The van der Waals surface area contributed by atoms with Gasteiger partial charge in [-0.05, 0) is 29.3 Å². The van der Waals surface area contributed by atoms with E-state index in [1.807, 2.05) is 36.4 Å². The summed E-state index contributed by atoms with van der Waals surface area (Å²) in [5.74, 6) is -1.97. The van der Waals surface area contributed by atoms with Gasteiger partial charge < -0.3 is 14.2 Å². The van der Waals surface area contributed by atoms with E-state index in [0.717, 1.165) is 6.42 Å². The Balaban J connectivity index is 1.67. The van der Waals surface area contributed by atoms with Gasteiger partial charge in [0, 0.05) is 20.3 Å². The first-order valence-electron chi connectivity index (χ1n) is 8.38. The Morgan fingerprint density at radius 2 is 1.65 bits per heavy atom. The molecule has 1 aliphatic rings. The van der Waals surface area contributed by atoms with E-state index in [0.29, 0.717) is 17.9 Å². The number of hydrogen-bond donors (Lipinski definition) is 0. The molecule has 1 saturated heterocycles. The highest BCUT2D eigenvalue weighted by Gasteiger charge is 2.38. The number of carbonyl (C=O) groups excluding carboxylic acids is 2. The molecule has 5 nitrogen and oxygen atoms in total. The van der Waals surface area contributed by atoms with Crippen molar-refractivity contribution in [1.29, 1.82) is 0 Å². The largest absolute Gasteiger partial charge is 0.493 e. The van der Waals surface area contributed by atoms with Crippen molar-refractivity contribution in [3.8, 4) is 5.75 Å². The van der Waals surface area contributed by atoms with Crippen molar-refractivity contribution in [2.75, 3.05) is 6.61 Å². The quantitative estimate of drug-likeness (QED) is 0.468. The van der Waals surface area contributed by atoms with Crippen molar-refractivity contribution in [3.63, 3.8) is 0 Å². The molecular formula is C21H20O5. The van der Waals surface area contributed by atoms with Gasteiger partial charge in [0.25, 0.3) is 5.79 Å². The van der Waals surface area contributed by atoms with E-state index in [4.69, 9.17) is 14.2 Å². The molecule has 3 rings (SSSR count). The maximum absolute atomic E-state index is 12.0. The van der Waals surface area contributed by atoms with Crippen LogP contribution in [0.1, 0.15) is 25.0 Å². The lowest BCUT2D eigenvalue weighted by molar-refractivity contribution is -0.222. The summed E-state index contributed by atoms with van der Waals surface area (Å²) in [4.78, 5) is 24.0. The lowest BCUT2D eigenvalue weighted by Gasteiger charge is -2.29. The minimum absolute atomic E-state index is 0.134. The molecule has 0 aromatic heterocycles. The highest BCUT2D eigenvalue weighted by atomic mass is 16.7. The summed E-state index contributed by atoms with van der Waals surface area (Å²) in [6.45, 7) is 3.56. The summed E-state index contributed by atoms with van der Waals surface area (Å²) in [5.41, 5.74) is 1.72. The predicted molar refractivity (Wildman–Crippen MR) is 96.3 cm³/mol. The first kappa shape index (κ1) is 17.7. The fraction of sp³-hybridized carbons (Fsp3) is 0.238. The molecule has 0 unspecified atom stereocenters. The Morgan fingerprint density at radius 1 is 0.962 bits per heavy atom. The molecule has 0 saturated carbocycles. The maximum Gasteiger partial charge on any atom is 0.348 e. The Hall–Kier alpha value is -3.08. The normalized spacial score (nSPS) is 15.8. The van der Waals surface area contributed by atoms with Crippen LogP contribution in [-0.2, 0) is 25.5 Å². The standard InChI is InChI=1S/C21H20O5/c1-21(2)25-19(22)18(20(23)26-21)14-16-9-6-10-17(13-16)24-12-11-15-7-4-3-5-8-15/h3-10,13-14H,11-12H2,1-2H3. The molecule has 0 bridgehead atoms. The van der Waals surface area contributed by atoms with E-state index in [-0.39, 0.29) is 5.57 Å². The molecule has 5 heteroatoms. The second kappa shape index (κ2) is 7.44. The first-order valence-corrected chi connectivity index (χ1v) is 8.38. The average molecular weight is 352 g/mol. The van der Waals surface area contributed by atoms with Crippen LogP contribution in [0.4, 0.5) is 0 Å². The van der Waals surface area contributed by atoms with Crippen molar-refractivity contribution in [1.82, 2.24) is 0 Å². The van der Waals surface area contributed by atoms with Crippen LogP contribution >= 0.6 is 0 Å². The number of ether oxygens (including phenoxy) is 3. The minimum Gasteiger partial charge on any atom is -0.493 e. The molecule has 0 amide bonds. The summed E-state index contributed by atoms with van der Waals surface area (Å²) in [6, 6.07) is 17.2. The van der Waals surface area contributed by atoms with Crippen molar-refractivity contribution in [2.24, 2.45) is 0 Å². The Kier molecular flexibility index (Phi) is 5.07. The Morgan fingerprint density at radius 3 is 2.35 bits per heavy atom. The second-order valence-electron chi connectivity index (χ2n) is 6.39. The lowest BCUT2D eigenvalue weighted by Crippen LogP contribution is -2.41. The molecule has 0 atom stereocenters. The van der Waals surface area contributed by atoms with Gasteiger partial charge in [-0.15, -0.1) is 0 Å². The van der Waals surface area contributed by atoms with Gasteiger partial charge in [-0.2, -0.15) is 0 Å². The smallest absolute Gasteiger partial charge is 0.348 e. The van der Waals surface area contributed by atoms with Gasteiger partial charge in [-0.25, -0.2) is 9.59 Å². The van der Waals surface area contributed by atoms with Gasteiger partial charge >= 0.3 is 11.9 Å². The van der Waals surface area contributed by atoms with E-state index in [2.05, 4.69) is 0 Å². The number of cyclic esters (lactones) is 2. The highest BCUT2D eigenvalue weighted by Crippen LogP contribution is 2.25. The van der Waals surface area contributed by atoms with Gasteiger partial charge in [0.15, 0.2) is 0 Å². The van der Waals surface area contributed by atoms with E-state index in [1.54, 1.807) is 18.2 Å². The van der Waals surface area contributed by atoms with Crippen LogP contribution < -0.4 is 4.74 Å². The highest BCUT2D eigenvalue weighted by molar-refractivity contribution is 6.18. The number of carbonyl (C=O) groups is 2. The van der Waals surface area contributed by atoms with Crippen LogP contribution in [0.25, 0.3) is 6.08 Å². The maximum atomic E-state index is 12.0. The third-order valence-electron chi connectivity index (χ3n) is 3.79. The summed E-state index contributed by atoms with van der Waals surface area (Å²) < 4.78 is 15.9. The molecule has 134 valence electrons. The molecule has 1 heterocycles. The molecule has 0 radical (unpaired) electrons. The molecule has 2 aromatic carbocycles. The third-order valence-corrected chi connectivity index (χ3v) is 3.79. The van der Waals surface area contributed by atoms with Gasteiger partial charge in [-0.1, -0.05) is 42.5 Å². The van der Waals surface area contributed by atoms with Gasteiger partial charge in [-0.3, -0.25) is 0 Å². The van der Waals surface area contributed by atoms with Crippen molar-refractivity contribution in [3.05, 3.63) is 71.3 Å². The zero-order valence-electron chi connectivity index (χ0n) is 14.7. The number of esters is 2. The molecular weight excluding hydrogens is 332 g/mol. The number of rotatable bonds is 5. The zero-order chi connectivity index (χ0) is 18.6. The summed E-state index contributed by atoms with van der Waals surface area (Å²) >= 11 is 0. The Labute approximate surface area is 152 Å². The second-order valence-corrected chi connectivity index (χ2v) is 6.39. The van der Waals surface area contributed by atoms with Crippen LogP contribution in [0.5, 0.6) is 5.75 Å². The SMILES string of the molecule is CC1(C)OC(=O)C(=Cc2cccc(OCCc3ccccc3)c2)C(=O)O1. The number of benzene rings is 2. The molecule has 1 fully saturated rings. The van der Waals surface area contributed by atoms with Crippen LogP contribution in [0, 0.1) is 0 Å². The molecule has 0 spiro atoms. The third kappa shape index (κ3) is 4.51. The van der Waals surface area contributed by atoms with Gasteiger partial charge in [0.1, 0.15) is 11.3 Å². The number of hydrogen-bond acceptors (Lipinski definition) is 5. The van der Waals surface area contributed by atoms with Crippen LogP contribution in [0.15, 0.2) is 60.2 Å². The van der Waals surface area contributed by atoms with Crippen molar-refractivity contribution < 1.29 is 23.8 Å². The van der Waals surface area contributed by atoms with Gasteiger partial charge in [0.2, 0.25) is 0 Å². The molecule has 2 aromatic rings. The summed E-state index contributed by atoms with van der Waals surface area (Å²) in [5, 5.41) is 0. The van der Waals surface area contributed by atoms with Crippen LogP contribution in [-0.4, -0.2) is 24.3 Å². The topological polar surface area (TPSA) is 61.8 Å². The van der Waals surface area contributed by atoms with E-state index in [1.165, 1.54) is 25.5 Å². The summed E-state index contributed by atoms with van der Waals surface area (Å²) in [7, 11) is 0. The van der Waals surface area contributed by atoms with Crippen LogP contribution in [0.2, 0.25) is 0 Å². The molecule has 1 aliphatic heterocycles. The van der Waals surface area contributed by atoms with E-state index in [9.17, 15) is 9.59 Å². The monoisotopic (exact) mass is 352 g/mol. The minimum atomic E-state index is -1.24. The molecule has 0 aliphatic carbocycles. The zero-order valence-corrected chi connectivity index (χ0v) is 14.7. The molecule has 0 N–H and O–H groups in total. The lowest BCUT2D eigenvalue weighted by atomic mass is 10.1.